The van der Waals surface area contributed by atoms with E-state index < -0.39 is 71.6 Å². The van der Waals surface area contributed by atoms with Crippen LogP contribution in [0.4, 0.5) is 0 Å². The van der Waals surface area contributed by atoms with Gasteiger partial charge in [-0.15, -0.1) is 0 Å². The van der Waals surface area contributed by atoms with Gasteiger partial charge in [-0.2, -0.15) is 0 Å². The fraction of sp³-hybridized carbons (Fsp3) is 0.755. The van der Waals surface area contributed by atoms with Gasteiger partial charge in [0.2, 0.25) is 5.79 Å². The molecule has 2 bridgehead atoms. The highest BCUT2D eigenvalue weighted by atomic mass is 16.6. The Labute approximate surface area is 405 Å². The Hall–Kier alpha value is -3.41. The second-order valence-corrected chi connectivity index (χ2v) is 20.2. The van der Waals surface area contributed by atoms with Crippen molar-refractivity contribution in [2.24, 2.45) is 35.5 Å². The monoisotopic (exact) mass is 957 g/mol. The molecule has 15 unspecified atom stereocenters. The summed E-state index contributed by atoms with van der Waals surface area (Å²) in [6.45, 7) is 13.1. The number of aliphatic hydroxyl groups is 3. The van der Waals surface area contributed by atoms with Gasteiger partial charge in [0.1, 0.15) is 30.1 Å². The minimum atomic E-state index is -2.21. The SMILES string of the molecule is COC1CC2CCC(C)C(O)(O2)C(=N)C(=O)N2CCCCC2C(=O)OC(C(C)CC2CCC(OCCO)C(OC)C2)CC(=O)C(C)/C=C(/C)C(O)C(OC)C(=O)C(C)CC(C)/C=C/C=CC=C1C. The van der Waals surface area contributed by atoms with Gasteiger partial charge < -0.3 is 48.6 Å². The van der Waals surface area contributed by atoms with Gasteiger partial charge in [-0.05, 0) is 107 Å². The number of fused-ring (bicyclic) bond motifs is 3. The lowest BCUT2D eigenvalue weighted by Crippen LogP contribution is -2.60. The van der Waals surface area contributed by atoms with E-state index in [-0.39, 0.29) is 80.2 Å². The summed E-state index contributed by atoms with van der Waals surface area (Å²) in [7, 11) is 4.62. The summed E-state index contributed by atoms with van der Waals surface area (Å²) in [4.78, 5) is 58.2. The topological polar surface area (TPSA) is 211 Å². The predicted molar refractivity (Wildman–Crippen MR) is 259 cm³/mol. The lowest BCUT2D eigenvalue weighted by Gasteiger charge is -2.44. The second kappa shape index (κ2) is 27.3. The Morgan fingerprint density at radius 1 is 0.882 bits per heavy atom. The highest BCUT2D eigenvalue weighted by Gasteiger charge is 2.51. The number of carbonyl (C=O) groups excluding carboxylic acids is 4. The molecule has 4 N–H and O–H groups in total. The molecule has 384 valence electrons. The van der Waals surface area contributed by atoms with Crippen LogP contribution in [0.2, 0.25) is 0 Å². The number of allylic oxidation sites excluding steroid dienone is 6. The standard InChI is InChI=1S/C53H84N2O13/c1-32-16-12-11-13-17-33(2)44(63-8)30-40-21-19-38(7)53(62,68-40)50(54)51(60)55-23-15-14-18-41(55)52(61)67-45(35(4)28-39-20-22-43(66-25-24-56)46(29-39)64-9)31-42(57)34(3)27-37(6)48(59)49(65-10)47(58)36(5)26-32/h11-13,16-17,27,32,34-36,38-41,43-46,48-49,54,56,59,62H,14-15,18-26,28-31H2,1-10H3/b13-11?,16-12+,33-17?,37-27-,54-50?. The lowest BCUT2D eigenvalue weighted by atomic mass is 9.78. The van der Waals surface area contributed by atoms with Crippen molar-refractivity contribution in [1.29, 1.82) is 5.41 Å². The Bertz CT molecular complexity index is 1810. The molecule has 3 aliphatic heterocycles. The van der Waals surface area contributed by atoms with Crippen LogP contribution in [-0.4, -0.2) is 145 Å². The van der Waals surface area contributed by atoms with Crippen molar-refractivity contribution in [3.05, 3.63) is 47.6 Å². The third kappa shape index (κ3) is 15.3. The summed E-state index contributed by atoms with van der Waals surface area (Å²) in [5.41, 5.74) is 0.669. The number of piperidine rings is 1. The molecule has 4 rings (SSSR count). The van der Waals surface area contributed by atoms with Crippen LogP contribution < -0.4 is 0 Å². The minimum Gasteiger partial charge on any atom is -0.460 e. The highest BCUT2D eigenvalue weighted by molar-refractivity contribution is 6.40. The maximum absolute atomic E-state index is 14.5. The fourth-order valence-corrected chi connectivity index (χ4v) is 10.5. The number of nitrogens with one attached hydrogen (secondary N) is 1. The molecule has 3 heterocycles. The van der Waals surface area contributed by atoms with Crippen molar-refractivity contribution in [3.8, 4) is 0 Å². The molecule has 0 aromatic rings. The first-order valence-electron chi connectivity index (χ1n) is 25.1. The number of amides is 1. The van der Waals surface area contributed by atoms with E-state index in [2.05, 4.69) is 0 Å². The molecule has 0 radical (unpaired) electrons. The summed E-state index contributed by atoms with van der Waals surface area (Å²) >= 11 is 0. The number of aliphatic hydroxyl groups excluding tert-OH is 2. The molecule has 15 heteroatoms. The van der Waals surface area contributed by atoms with Crippen molar-refractivity contribution < 1.29 is 62.9 Å². The number of cyclic esters (lactones) is 1. The summed E-state index contributed by atoms with van der Waals surface area (Å²) in [5, 5.41) is 42.1. The van der Waals surface area contributed by atoms with Gasteiger partial charge in [-0.25, -0.2) is 4.79 Å². The molecule has 1 amide bonds. The zero-order valence-corrected chi connectivity index (χ0v) is 42.5. The summed E-state index contributed by atoms with van der Waals surface area (Å²) in [6.07, 6.45) is 12.7. The molecule has 0 aromatic carbocycles. The Kier molecular flexibility index (Phi) is 22.9. The number of ether oxygens (including phenoxy) is 6. The number of esters is 1. The third-order valence-electron chi connectivity index (χ3n) is 14.9. The van der Waals surface area contributed by atoms with Crippen LogP contribution in [0.5, 0.6) is 0 Å². The van der Waals surface area contributed by atoms with Crippen molar-refractivity contribution in [2.45, 2.75) is 180 Å². The predicted octanol–water partition coefficient (Wildman–Crippen LogP) is 6.65. The number of nitrogens with zero attached hydrogens (tertiary/aromatic N) is 1. The summed E-state index contributed by atoms with van der Waals surface area (Å²) in [5.74, 6) is -6.09. The molecule has 0 aromatic heterocycles. The van der Waals surface area contributed by atoms with Crippen LogP contribution in [0.25, 0.3) is 0 Å². The van der Waals surface area contributed by atoms with E-state index >= 15 is 0 Å². The van der Waals surface area contributed by atoms with Crippen LogP contribution in [0.15, 0.2) is 47.6 Å². The molecule has 68 heavy (non-hydrogen) atoms. The first-order chi connectivity index (χ1) is 32.3. The molecule has 15 nitrogen and oxygen atoms in total. The Morgan fingerprint density at radius 2 is 1.62 bits per heavy atom. The molecule has 15 atom stereocenters. The third-order valence-corrected chi connectivity index (χ3v) is 14.9. The number of hydrogen-bond donors (Lipinski definition) is 4. The molecule has 2 saturated heterocycles. The van der Waals surface area contributed by atoms with Crippen LogP contribution in [0.3, 0.4) is 0 Å². The smallest absolute Gasteiger partial charge is 0.329 e. The van der Waals surface area contributed by atoms with E-state index in [0.29, 0.717) is 63.4 Å². The van der Waals surface area contributed by atoms with E-state index in [1.807, 2.05) is 58.1 Å². The number of Topliss-reactive ketones (excluding diaryl/α,β-unsaturated/α-hetero) is 2. The average molecular weight is 957 g/mol. The number of ketones is 2. The first-order valence-corrected chi connectivity index (χ1v) is 25.1. The summed E-state index contributed by atoms with van der Waals surface area (Å²) < 4.78 is 35.8. The van der Waals surface area contributed by atoms with Gasteiger partial charge in [0.15, 0.2) is 11.5 Å². The van der Waals surface area contributed by atoms with Crippen LogP contribution >= 0.6 is 0 Å². The van der Waals surface area contributed by atoms with Crippen LogP contribution in [0.1, 0.15) is 126 Å². The molecular formula is C53H84N2O13. The van der Waals surface area contributed by atoms with Gasteiger partial charge in [0, 0.05) is 58.5 Å². The van der Waals surface area contributed by atoms with Gasteiger partial charge in [-0.3, -0.25) is 19.8 Å². The normalized spacial score (nSPS) is 37.9. The Morgan fingerprint density at radius 3 is 2.29 bits per heavy atom. The molecule has 3 fully saturated rings. The second-order valence-electron chi connectivity index (χ2n) is 20.2. The zero-order chi connectivity index (χ0) is 50.3. The lowest BCUT2D eigenvalue weighted by molar-refractivity contribution is -0.239. The number of carbonyl (C=O) groups is 4. The van der Waals surface area contributed by atoms with Gasteiger partial charge in [0.05, 0.1) is 37.6 Å². The van der Waals surface area contributed by atoms with Crippen LogP contribution in [-0.2, 0) is 47.6 Å². The fourth-order valence-electron chi connectivity index (χ4n) is 10.5. The van der Waals surface area contributed by atoms with E-state index in [1.54, 1.807) is 41.1 Å². The minimum absolute atomic E-state index is 0.0260. The molecular weight excluding hydrogens is 873 g/mol. The maximum Gasteiger partial charge on any atom is 0.329 e. The molecule has 1 aliphatic carbocycles. The zero-order valence-electron chi connectivity index (χ0n) is 42.5. The maximum atomic E-state index is 14.5. The van der Waals surface area contributed by atoms with E-state index in [4.69, 9.17) is 28.4 Å². The van der Waals surface area contributed by atoms with Gasteiger partial charge in [-0.1, -0.05) is 71.1 Å². The van der Waals surface area contributed by atoms with E-state index in [0.717, 1.165) is 12.0 Å². The quantitative estimate of drug-likeness (QED) is 0.141. The van der Waals surface area contributed by atoms with Crippen LogP contribution in [0, 0.1) is 40.9 Å². The van der Waals surface area contributed by atoms with Crippen molar-refractivity contribution >= 4 is 29.2 Å². The Balaban J connectivity index is 1.70. The van der Waals surface area contributed by atoms with Crippen molar-refractivity contribution in [3.63, 3.8) is 0 Å². The largest absolute Gasteiger partial charge is 0.460 e. The molecule has 0 spiro atoms. The number of hydrogen-bond acceptors (Lipinski definition) is 14. The number of methoxy groups -OCH3 is 3. The van der Waals surface area contributed by atoms with Crippen molar-refractivity contribution in [1.82, 2.24) is 4.90 Å². The van der Waals surface area contributed by atoms with E-state index in [9.17, 15) is 39.9 Å². The number of rotatable bonds is 9. The van der Waals surface area contributed by atoms with Gasteiger partial charge >= 0.3 is 5.97 Å². The highest BCUT2D eigenvalue weighted by Crippen LogP contribution is 2.38. The molecule has 1 saturated carbocycles. The molecule has 4 aliphatic rings. The summed E-state index contributed by atoms with van der Waals surface area (Å²) in [6, 6.07) is -1.06. The first kappa shape index (κ1) is 57.2. The average Bonchev–Trinajstić information content (AvgIpc) is 3.32. The van der Waals surface area contributed by atoms with Gasteiger partial charge in [0.25, 0.3) is 5.91 Å². The van der Waals surface area contributed by atoms with E-state index in [1.165, 1.54) is 12.0 Å². The van der Waals surface area contributed by atoms with Crippen molar-refractivity contribution in [2.75, 3.05) is 41.1 Å².